The van der Waals surface area contributed by atoms with E-state index in [9.17, 15) is 0 Å². The Bertz CT molecular complexity index is 371. The molecule has 0 radical (unpaired) electrons. The Kier molecular flexibility index (Phi) is 5.67. The van der Waals surface area contributed by atoms with Crippen molar-refractivity contribution in [3.8, 4) is 5.75 Å². The molecule has 102 valence electrons. The van der Waals surface area contributed by atoms with Crippen LogP contribution in [0.5, 0.6) is 5.75 Å². The van der Waals surface area contributed by atoms with Crippen molar-refractivity contribution in [1.29, 1.82) is 0 Å². The molecule has 1 aromatic rings. The number of benzene rings is 1. The van der Waals surface area contributed by atoms with Crippen LogP contribution in [0.4, 0.5) is 0 Å². The predicted octanol–water partition coefficient (Wildman–Crippen LogP) is 4.08. The SMILES string of the molecule is Cc1ccc(C(C)N)c(OCC(C)CC(C)C)c1. The normalized spacial score (nSPS) is 14.6. The lowest BCUT2D eigenvalue weighted by molar-refractivity contribution is 0.236. The minimum Gasteiger partial charge on any atom is -0.493 e. The molecule has 2 nitrogen and oxygen atoms in total. The summed E-state index contributed by atoms with van der Waals surface area (Å²) in [4.78, 5) is 0. The van der Waals surface area contributed by atoms with Crippen LogP contribution in [-0.2, 0) is 0 Å². The lowest BCUT2D eigenvalue weighted by Gasteiger charge is -2.18. The van der Waals surface area contributed by atoms with Gasteiger partial charge in [-0.2, -0.15) is 0 Å². The zero-order valence-electron chi connectivity index (χ0n) is 12.4. The average Bonchev–Trinajstić information content (AvgIpc) is 2.25. The van der Waals surface area contributed by atoms with Gasteiger partial charge >= 0.3 is 0 Å². The summed E-state index contributed by atoms with van der Waals surface area (Å²) in [6, 6.07) is 6.26. The highest BCUT2D eigenvalue weighted by atomic mass is 16.5. The molecule has 0 spiro atoms. The fourth-order valence-corrected chi connectivity index (χ4v) is 2.25. The molecule has 2 heteroatoms. The van der Waals surface area contributed by atoms with E-state index >= 15 is 0 Å². The van der Waals surface area contributed by atoms with Gasteiger partial charge in [0.1, 0.15) is 5.75 Å². The summed E-state index contributed by atoms with van der Waals surface area (Å²) in [6.45, 7) is 11.6. The van der Waals surface area contributed by atoms with Gasteiger partial charge in [0.05, 0.1) is 6.61 Å². The fourth-order valence-electron chi connectivity index (χ4n) is 2.25. The second-order valence-electron chi connectivity index (χ2n) is 5.88. The van der Waals surface area contributed by atoms with E-state index in [1.165, 1.54) is 12.0 Å². The maximum Gasteiger partial charge on any atom is 0.124 e. The molecule has 0 heterocycles. The fraction of sp³-hybridized carbons (Fsp3) is 0.625. The minimum absolute atomic E-state index is 0.0148. The molecule has 0 aromatic heterocycles. The molecule has 0 fully saturated rings. The third kappa shape index (κ3) is 4.69. The third-order valence-electron chi connectivity index (χ3n) is 3.06. The second kappa shape index (κ2) is 6.79. The first-order valence-corrected chi connectivity index (χ1v) is 6.89. The molecule has 1 rings (SSSR count). The Labute approximate surface area is 112 Å². The van der Waals surface area contributed by atoms with Crippen LogP contribution in [0, 0.1) is 18.8 Å². The van der Waals surface area contributed by atoms with Gasteiger partial charge < -0.3 is 10.5 Å². The van der Waals surface area contributed by atoms with Crippen molar-refractivity contribution in [2.45, 2.75) is 47.1 Å². The van der Waals surface area contributed by atoms with Gasteiger partial charge in [0.2, 0.25) is 0 Å². The molecule has 0 aliphatic heterocycles. The first-order valence-electron chi connectivity index (χ1n) is 6.89. The van der Waals surface area contributed by atoms with E-state index in [2.05, 4.69) is 45.9 Å². The average molecular weight is 249 g/mol. The molecule has 0 amide bonds. The van der Waals surface area contributed by atoms with Gasteiger partial charge in [-0.25, -0.2) is 0 Å². The third-order valence-corrected chi connectivity index (χ3v) is 3.06. The van der Waals surface area contributed by atoms with Gasteiger partial charge in [0.15, 0.2) is 0 Å². The van der Waals surface area contributed by atoms with Gasteiger partial charge in [-0.1, -0.05) is 32.9 Å². The van der Waals surface area contributed by atoms with Crippen molar-refractivity contribution >= 4 is 0 Å². The van der Waals surface area contributed by atoms with Crippen molar-refractivity contribution in [3.63, 3.8) is 0 Å². The molecule has 0 aliphatic rings. The van der Waals surface area contributed by atoms with E-state index in [1.807, 2.05) is 6.92 Å². The number of hydrogen-bond donors (Lipinski definition) is 1. The van der Waals surface area contributed by atoms with Gasteiger partial charge in [-0.15, -0.1) is 0 Å². The summed E-state index contributed by atoms with van der Waals surface area (Å²) in [7, 11) is 0. The minimum atomic E-state index is 0.0148. The lowest BCUT2D eigenvalue weighted by atomic mass is 10.00. The zero-order chi connectivity index (χ0) is 13.7. The first-order chi connectivity index (χ1) is 8.40. The van der Waals surface area contributed by atoms with Crippen LogP contribution in [0.25, 0.3) is 0 Å². The van der Waals surface area contributed by atoms with Crippen molar-refractivity contribution < 1.29 is 4.74 Å². The molecule has 18 heavy (non-hydrogen) atoms. The van der Waals surface area contributed by atoms with Gasteiger partial charge in [-0.05, 0) is 43.7 Å². The van der Waals surface area contributed by atoms with E-state index in [4.69, 9.17) is 10.5 Å². The number of nitrogens with two attached hydrogens (primary N) is 1. The molecule has 2 unspecified atom stereocenters. The van der Waals surface area contributed by atoms with Crippen LogP contribution in [0.1, 0.15) is 51.3 Å². The first kappa shape index (κ1) is 15.0. The molecular weight excluding hydrogens is 222 g/mol. The summed E-state index contributed by atoms with van der Waals surface area (Å²) in [5.74, 6) is 2.24. The van der Waals surface area contributed by atoms with Gasteiger partial charge in [-0.3, -0.25) is 0 Å². The standard InChI is InChI=1S/C16H27NO/c1-11(2)8-13(4)10-18-16-9-12(3)6-7-15(16)14(5)17/h6-7,9,11,13-14H,8,10,17H2,1-5H3. The van der Waals surface area contributed by atoms with Crippen molar-refractivity contribution in [1.82, 2.24) is 0 Å². The topological polar surface area (TPSA) is 35.2 Å². The van der Waals surface area contributed by atoms with E-state index in [0.29, 0.717) is 11.8 Å². The van der Waals surface area contributed by atoms with Crippen LogP contribution in [-0.4, -0.2) is 6.61 Å². The molecular formula is C16H27NO. The van der Waals surface area contributed by atoms with Crippen LogP contribution in [0.15, 0.2) is 18.2 Å². The number of aryl methyl sites for hydroxylation is 1. The highest BCUT2D eigenvalue weighted by molar-refractivity contribution is 5.38. The summed E-state index contributed by atoms with van der Waals surface area (Å²) in [5.41, 5.74) is 8.28. The highest BCUT2D eigenvalue weighted by Crippen LogP contribution is 2.26. The summed E-state index contributed by atoms with van der Waals surface area (Å²) in [5, 5.41) is 0. The van der Waals surface area contributed by atoms with E-state index in [1.54, 1.807) is 0 Å². The van der Waals surface area contributed by atoms with Crippen LogP contribution < -0.4 is 10.5 Å². The van der Waals surface area contributed by atoms with Crippen LogP contribution >= 0.6 is 0 Å². The largest absolute Gasteiger partial charge is 0.493 e. The van der Waals surface area contributed by atoms with Crippen molar-refractivity contribution in [3.05, 3.63) is 29.3 Å². The molecule has 0 saturated carbocycles. The Hall–Kier alpha value is -1.02. The number of ether oxygens (including phenoxy) is 1. The Morgan fingerprint density at radius 3 is 2.39 bits per heavy atom. The predicted molar refractivity (Wildman–Crippen MR) is 77.9 cm³/mol. The maximum absolute atomic E-state index is 5.97. The quantitative estimate of drug-likeness (QED) is 0.824. The van der Waals surface area contributed by atoms with E-state index in [0.717, 1.165) is 17.9 Å². The zero-order valence-corrected chi connectivity index (χ0v) is 12.4. The lowest BCUT2D eigenvalue weighted by Crippen LogP contribution is -2.14. The summed E-state index contributed by atoms with van der Waals surface area (Å²) >= 11 is 0. The molecule has 0 aliphatic carbocycles. The highest BCUT2D eigenvalue weighted by Gasteiger charge is 2.11. The monoisotopic (exact) mass is 249 g/mol. The van der Waals surface area contributed by atoms with Crippen LogP contribution in [0.3, 0.4) is 0 Å². The van der Waals surface area contributed by atoms with E-state index < -0.39 is 0 Å². The molecule has 0 bridgehead atoms. The number of rotatable bonds is 6. The Balaban J connectivity index is 2.68. The molecule has 1 aromatic carbocycles. The Morgan fingerprint density at radius 1 is 1.17 bits per heavy atom. The summed E-state index contributed by atoms with van der Waals surface area (Å²) < 4.78 is 5.96. The van der Waals surface area contributed by atoms with Gasteiger partial charge in [0, 0.05) is 11.6 Å². The summed E-state index contributed by atoms with van der Waals surface area (Å²) in [6.07, 6.45) is 1.19. The molecule has 0 saturated heterocycles. The Morgan fingerprint density at radius 2 is 1.83 bits per heavy atom. The smallest absolute Gasteiger partial charge is 0.124 e. The number of hydrogen-bond acceptors (Lipinski definition) is 2. The van der Waals surface area contributed by atoms with Crippen molar-refractivity contribution in [2.75, 3.05) is 6.61 Å². The molecule has 2 atom stereocenters. The molecule has 2 N–H and O–H groups in total. The van der Waals surface area contributed by atoms with Crippen LogP contribution in [0.2, 0.25) is 0 Å². The van der Waals surface area contributed by atoms with Gasteiger partial charge in [0.25, 0.3) is 0 Å². The maximum atomic E-state index is 5.97. The second-order valence-corrected chi connectivity index (χ2v) is 5.88. The van der Waals surface area contributed by atoms with Crippen molar-refractivity contribution in [2.24, 2.45) is 17.6 Å². The van der Waals surface area contributed by atoms with E-state index in [-0.39, 0.29) is 6.04 Å².